The number of benzene rings is 2. The number of carbonyl (C=O) groups is 1. The van der Waals surface area contributed by atoms with Crippen LogP contribution in [0.3, 0.4) is 0 Å². The van der Waals surface area contributed by atoms with Crippen LogP contribution < -0.4 is 5.56 Å². The van der Waals surface area contributed by atoms with Crippen molar-refractivity contribution in [3.63, 3.8) is 0 Å². The second-order valence-corrected chi connectivity index (χ2v) is 8.81. The van der Waals surface area contributed by atoms with E-state index in [1.54, 1.807) is 21.7 Å². The number of amides is 1. The number of H-pyrrole nitrogens is 1. The minimum atomic E-state index is -0.292. The van der Waals surface area contributed by atoms with Crippen molar-refractivity contribution in [2.45, 2.75) is 32.2 Å². The van der Waals surface area contributed by atoms with Crippen molar-refractivity contribution in [2.75, 3.05) is 13.1 Å². The van der Waals surface area contributed by atoms with Gasteiger partial charge in [-0.05, 0) is 37.5 Å². The third-order valence-corrected chi connectivity index (χ3v) is 6.45. The maximum absolute atomic E-state index is 12.8. The van der Waals surface area contributed by atoms with Crippen LogP contribution in [0, 0.1) is 6.92 Å². The van der Waals surface area contributed by atoms with E-state index in [0.717, 1.165) is 5.56 Å². The molecule has 0 spiro atoms. The van der Waals surface area contributed by atoms with E-state index in [1.165, 1.54) is 5.56 Å². The number of carbonyl (C=O) groups excluding carboxylic acids is 1. The molecular formula is C24H23ClN6O2. The molecule has 8 nitrogen and oxygen atoms in total. The monoisotopic (exact) mass is 462 g/mol. The first-order valence-electron chi connectivity index (χ1n) is 10.9. The molecule has 1 N–H and O–H groups in total. The standard InChI is InChI=1S/C24H23ClN6O2/c1-15-6-8-16(9-7-15)14-31-22-20(28-29-31)23(32)27-21(26-22)17-10-12-30(13-11-17)24(33)18-4-2-3-5-19(18)25/h2-9,17H,10-14H2,1H3,(H,26,27,32). The van der Waals surface area contributed by atoms with E-state index < -0.39 is 0 Å². The number of aromatic amines is 1. The van der Waals surface area contributed by atoms with Gasteiger partial charge in [0.25, 0.3) is 11.5 Å². The largest absolute Gasteiger partial charge is 0.339 e. The number of nitrogens with one attached hydrogen (secondary N) is 1. The van der Waals surface area contributed by atoms with Gasteiger partial charge in [0.1, 0.15) is 5.82 Å². The Morgan fingerprint density at radius 3 is 2.58 bits per heavy atom. The van der Waals surface area contributed by atoms with Gasteiger partial charge in [0.2, 0.25) is 0 Å². The summed E-state index contributed by atoms with van der Waals surface area (Å²) in [6.45, 7) is 3.65. The topological polar surface area (TPSA) is 96.8 Å². The highest BCUT2D eigenvalue weighted by atomic mass is 35.5. The van der Waals surface area contributed by atoms with E-state index in [9.17, 15) is 9.59 Å². The first-order chi connectivity index (χ1) is 16.0. The Morgan fingerprint density at radius 1 is 1.12 bits per heavy atom. The number of hydrogen-bond donors (Lipinski definition) is 1. The lowest BCUT2D eigenvalue weighted by molar-refractivity contribution is 0.0711. The minimum absolute atomic E-state index is 0.0418. The van der Waals surface area contributed by atoms with Crippen molar-refractivity contribution in [2.24, 2.45) is 0 Å². The Hall–Kier alpha value is -3.52. The van der Waals surface area contributed by atoms with E-state index in [4.69, 9.17) is 16.6 Å². The second-order valence-electron chi connectivity index (χ2n) is 8.40. The zero-order valence-corrected chi connectivity index (χ0v) is 18.9. The SMILES string of the molecule is Cc1ccc(Cn2nnc3c(=O)[nH]c(C4CCN(C(=O)c5ccccc5Cl)CC4)nc32)cc1. The predicted molar refractivity (Wildman–Crippen MR) is 126 cm³/mol. The number of aryl methyl sites for hydroxylation is 1. The predicted octanol–water partition coefficient (Wildman–Crippen LogP) is 3.54. The fourth-order valence-corrected chi connectivity index (χ4v) is 4.43. The molecule has 1 saturated heterocycles. The summed E-state index contributed by atoms with van der Waals surface area (Å²) in [6.07, 6.45) is 1.40. The van der Waals surface area contributed by atoms with Crippen LogP contribution in [0.4, 0.5) is 0 Å². The average Bonchev–Trinajstić information content (AvgIpc) is 3.24. The van der Waals surface area contributed by atoms with E-state index in [0.29, 0.717) is 54.5 Å². The smallest absolute Gasteiger partial charge is 0.281 e. The van der Waals surface area contributed by atoms with Gasteiger partial charge in [0.05, 0.1) is 17.1 Å². The summed E-state index contributed by atoms with van der Waals surface area (Å²) in [6, 6.07) is 15.2. The Bertz CT molecular complexity index is 1370. The van der Waals surface area contributed by atoms with Gasteiger partial charge >= 0.3 is 0 Å². The van der Waals surface area contributed by atoms with Crippen molar-refractivity contribution in [1.29, 1.82) is 0 Å². The molecule has 3 heterocycles. The fourth-order valence-electron chi connectivity index (χ4n) is 4.21. The number of nitrogens with zero attached hydrogens (tertiary/aromatic N) is 5. The van der Waals surface area contributed by atoms with Crippen LogP contribution in [0.25, 0.3) is 11.2 Å². The van der Waals surface area contributed by atoms with Crippen molar-refractivity contribution in [3.8, 4) is 0 Å². The summed E-state index contributed by atoms with van der Waals surface area (Å²) < 4.78 is 1.66. The van der Waals surface area contributed by atoms with Gasteiger partial charge in [-0.2, -0.15) is 0 Å². The van der Waals surface area contributed by atoms with E-state index in [2.05, 4.69) is 15.3 Å². The molecule has 168 valence electrons. The lowest BCUT2D eigenvalue weighted by atomic mass is 9.95. The molecule has 0 aliphatic carbocycles. The lowest BCUT2D eigenvalue weighted by Gasteiger charge is -2.31. The summed E-state index contributed by atoms with van der Waals surface area (Å²) >= 11 is 6.19. The molecule has 0 bridgehead atoms. The molecule has 2 aromatic carbocycles. The number of aromatic nitrogens is 5. The quantitative estimate of drug-likeness (QED) is 0.500. The molecule has 0 radical (unpaired) electrons. The summed E-state index contributed by atoms with van der Waals surface area (Å²) in [5.74, 6) is 0.584. The Labute approximate surface area is 195 Å². The zero-order valence-electron chi connectivity index (χ0n) is 18.2. The Kier molecular flexibility index (Phi) is 5.68. The number of piperidine rings is 1. The van der Waals surface area contributed by atoms with Gasteiger partial charge in [-0.3, -0.25) is 9.59 Å². The number of fused-ring (bicyclic) bond motifs is 1. The van der Waals surface area contributed by atoms with Crippen LogP contribution in [0.15, 0.2) is 53.3 Å². The molecule has 1 fully saturated rings. The van der Waals surface area contributed by atoms with Crippen LogP contribution in [0.2, 0.25) is 5.02 Å². The number of hydrogen-bond acceptors (Lipinski definition) is 5. The van der Waals surface area contributed by atoms with Crippen LogP contribution in [-0.2, 0) is 6.54 Å². The molecule has 0 unspecified atom stereocenters. The number of likely N-dealkylation sites (tertiary alicyclic amines) is 1. The van der Waals surface area contributed by atoms with Crippen LogP contribution >= 0.6 is 11.6 Å². The van der Waals surface area contributed by atoms with Crippen molar-refractivity contribution in [1.82, 2.24) is 29.9 Å². The van der Waals surface area contributed by atoms with Crippen molar-refractivity contribution in [3.05, 3.63) is 86.4 Å². The first kappa shape index (κ1) is 21.3. The van der Waals surface area contributed by atoms with Gasteiger partial charge < -0.3 is 9.88 Å². The minimum Gasteiger partial charge on any atom is -0.339 e. The fraction of sp³-hybridized carbons (Fsp3) is 0.292. The Morgan fingerprint density at radius 2 is 1.85 bits per heavy atom. The first-order valence-corrected chi connectivity index (χ1v) is 11.3. The van der Waals surface area contributed by atoms with Crippen LogP contribution in [-0.4, -0.2) is 48.9 Å². The highest BCUT2D eigenvalue weighted by Gasteiger charge is 2.27. The molecule has 9 heteroatoms. The van der Waals surface area contributed by atoms with Gasteiger partial charge in [0, 0.05) is 19.0 Å². The summed E-state index contributed by atoms with van der Waals surface area (Å²) in [5.41, 5.74) is 3.17. The molecule has 33 heavy (non-hydrogen) atoms. The van der Waals surface area contributed by atoms with Gasteiger partial charge in [0.15, 0.2) is 11.2 Å². The molecule has 5 rings (SSSR count). The number of halogens is 1. The maximum Gasteiger partial charge on any atom is 0.281 e. The normalized spacial score (nSPS) is 14.7. The van der Waals surface area contributed by atoms with E-state index in [1.807, 2.05) is 43.3 Å². The molecule has 1 aliphatic rings. The van der Waals surface area contributed by atoms with Gasteiger partial charge in [-0.1, -0.05) is 58.8 Å². The second kappa shape index (κ2) is 8.78. The van der Waals surface area contributed by atoms with Crippen LogP contribution in [0.1, 0.15) is 46.1 Å². The van der Waals surface area contributed by atoms with E-state index >= 15 is 0 Å². The zero-order chi connectivity index (χ0) is 22.9. The van der Waals surface area contributed by atoms with Crippen molar-refractivity contribution >= 4 is 28.7 Å². The average molecular weight is 463 g/mol. The highest BCUT2D eigenvalue weighted by molar-refractivity contribution is 6.33. The summed E-state index contributed by atoms with van der Waals surface area (Å²) in [4.78, 5) is 34.9. The van der Waals surface area contributed by atoms with Gasteiger partial charge in [-0.25, -0.2) is 9.67 Å². The molecular weight excluding hydrogens is 440 g/mol. The molecule has 4 aromatic rings. The summed E-state index contributed by atoms with van der Waals surface area (Å²) in [5, 5.41) is 8.65. The van der Waals surface area contributed by atoms with Gasteiger partial charge in [-0.15, -0.1) is 5.10 Å². The third kappa shape index (κ3) is 4.26. The van der Waals surface area contributed by atoms with Crippen LogP contribution in [0.5, 0.6) is 0 Å². The Balaban J connectivity index is 1.35. The molecule has 1 aliphatic heterocycles. The molecule has 1 amide bonds. The lowest BCUT2D eigenvalue weighted by Crippen LogP contribution is -2.38. The van der Waals surface area contributed by atoms with Crippen molar-refractivity contribution < 1.29 is 4.79 Å². The summed E-state index contributed by atoms with van der Waals surface area (Å²) in [7, 11) is 0. The molecule has 0 saturated carbocycles. The highest BCUT2D eigenvalue weighted by Crippen LogP contribution is 2.27. The number of rotatable bonds is 4. The molecule has 2 aromatic heterocycles. The molecule has 0 atom stereocenters. The maximum atomic E-state index is 12.8. The van der Waals surface area contributed by atoms with E-state index in [-0.39, 0.29) is 22.9 Å². The third-order valence-electron chi connectivity index (χ3n) is 6.12.